The van der Waals surface area contributed by atoms with Crippen molar-refractivity contribution < 1.29 is 19.8 Å². The Morgan fingerprint density at radius 1 is 1.14 bits per heavy atom. The number of nitrogens with two attached hydrogens (primary N) is 4. The summed E-state index contributed by atoms with van der Waals surface area (Å²) in [5.41, 5.74) is 20.6. The lowest BCUT2D eigenvalue weighted by molar-refractivity contribution is -0.144. The van der Waals surface area contributed by atoms with Crippen molar-refractivity contribution in [2.24, 2.45) is 22.9 Å². The molecule has 0 amide bonds. The second-order valence-electron chi connectivity index (χ2n) is 3.63. The van der Waals surface area contributed by atoms with E-state index in [1.54, 1.807) is 0 Å². The summed E-state index contributed by atoms with van der Waals surface area (Å²) < 4.78 is 0. The van der Waals surface area contributed by atoms with Gasteiger partial charge in [0.1, 0.15) is 6.04 Å². The summed E-state index contributed by atoms with van der Waals surface area (Å²) >= 11 is 4.09. The molecule has 0 spiro atoms. The summed E-state index contributed by atoms with van der Waals surface area (Å²) in [7, 11) is 0. The molecule has 9 heteroatoms. The number of aliphatic carboxylic acids is 2. The van der Waals surface area contributed by atoms with Crippen LogP contribution in [-0.4, -0.2) is 33.3 Å². The summed E-state index contributed by atoms with van der Waals surface area (Å²) in [6.45, 7) is 0.640. The fourth-order valence-electron chi connectivity index (χ4n) is 0.890. The third-order valence-electron chi connectivity index (χ3n) is 1.79. The van der Waals surface area contributed by atoms with Crippen molar-refractivity contribution in [3.8, 4) is 0 Å². The first-order chi connectivity index (χ1) is 9.70. The molecule has 1 aromatic rings. The fourth-order valence-corrected chi connectivity index (χ4v) is 0.890. The van der Waals surface area contributed by atoms with Gasteiger partial charge in [-0.05, 0) is 17.8 Å². The number of hydrogen-bond donors (Lipinski definition) is 6. The van der Waals surface area contributed by atoms with Gasteiger partial charge in [0, 0.05) is 6.54 Å². The largest absolute Gasteiger partial charge is 0.481 e. The Morgan fingerprint density at radius 2 is 1.57 bits per heavy atom. The Hall–Kier alpha value is -2.23. The maximum absolute atomic E-state index is 9.85. The molecule has 21 heavy (non-hydrogen) atoms. The van der Waals surface area contributed by atoms with Gasteiger partial charge < -0.3 is 33.1 Å². The first-order valence-electron chi connectivity index (χ1n) is 5.69. The molecule has 0 aromatic heterocycles. The smallest absolute Gasteiger partial charge is 0.321 e. The van der Waals surface area contributed by atoms with Crippen molar-refractivity contribution in [1.29, 1.82) is 0 Å². The number of carbonyl (C=O) groups is 2. The van der Waals surface area contributed by atoms with E-state index in [-0.39, 0.29) is 5.11 Å². The molecule has 0 bridgehead atoms. The first kappa shape index (κ1) is 21.1. The van der Waals surface area contributed by atoms with E-state index in [1.807, 2.05) is 30.3 Å². The Morgan fingerprint density at radius 3 is 1.76 bits per heavy atom. The third kappa shape index (κ3) is 17.8. The monoisotopic (exact) mass is 316 g/mol. The van der Waals surface area contributed by atoms with Crippen LogP contribution in [0.4, 0.5) is 0 Å². The van der Waals surface area contributed by atoms with E-state index < -0.39 is 24.4 Å². The van der Waals surface area contributed by atoms with Gasteiger partial charge in [-0.1, -0.05) is 30.3 Å². The number of rotatable bonds is 4. The van der Waals surface area contributed by atoms with E-state index in [2.05, 4.69) is 23.7 Å². The molecule has 0 unspecified atom stereocenters. The van der Waals surface area contributed by atoms with Crippen LogP contribution in [0.1, 0.15) is 12.0 Å². The van der Waals surface area contributed by atoms with Gasteiger partial charge in [-0.15, -0.1) is 0 Å². The fraction of sp³-hybridized carbons (Fsp3) is 0.250. The van der Waals surface area contributed by atoms with Crippen LogP contribution in [0.25, 0.3) is 0 Å². The Bertz CT molecular complexity index is 438. The molecule has 1 atom stereocenters. The molecule has 0 aliphatic rings. The summed E-state index contributed by atoms with van der Waals surface area (Å²) in [5.74, 6) is -2.50. The van der Waals surface area contributed by atoms with Gasteiger partial charge >= 0.3 is 11.9 Å². The molecule has 10 N–H and O–H groups in total. The molecule has 0 aliphatic heterocycles. The second kappa shape index (κ2) is 12.8. The normalized spacial score (nSPS) is 10.0. The minimum Gasteiger partial charge on any atom is -0.481 e. The predicted octanol–water partition coefficient (Wildman–Crippen LogP) is -0.793. The van der Waals surface area contributed by atoms with Crippen LogP contribution in [0.2, 0.25) is 0 Å². The lowest BCUT2D eigenvalue weighted by Gasteiger charge is -1.99. The van der Waals surface area contributed by atoms with E-state index in [4.69, 9.17) is 21.7 Å². The number of carboxylic acid groups (broad SMARTS) is 2. The average molecular weight is 316 g/mol. The molecule has 118 valence electrons. The van der Waals surface area contributed by atoms with Crippen molar-refractivity contribution >= 4 is 29.3 Å². The number of carboxylic acids is 2. The highest BCUT2D eigenvalue weighted by Crippen LogP contribution is 1.94. The molecule has 0 fully saturated rings. The van der Waals surface area contributed by atoms with Crippen LogP contribution in [0, 0.1) is 0 Å². The van der Waals surface area contributed by atoms with Crippen LogP contribution in [0.5, 0.6) is 0 Å². The van der Waals surface area contributed by atoms with Crippen molar-refractivity contribution in [3.63, 3.8) is 0 Å². The highest BCUT2D eigenvalue weighted by molar-refractivity contribution is 7.80. The van der Waals surface area contributed by atoms with E-state index in [0.29, 0.717) is 6.54 Å². The zero-order valence-corrected chi connectivity index (χ0v) is 12.1. The molecule has 0 heterocycles. The van der Waals surface area contributed by atoms with Gasteiger partial charge in [-0.3, -0.25) is 9.59 Å². The third-order valence-corrected chi connectivity index (χ3v) is 1.79. The number of thiocarbonyl (C=S) groups is 1. The Labute approximate surface area is 127 Å². The molecule has 0 saturated carbocycles. The summed E-state index contributed by atoms with van der Waals surface area (Å²) in [6.07, 6.45) is -0.532. The first-order valence-corrected chi connectivity index (χ1v) is 6.10. The van der Waals surface area contributed by atoms with Crippen LogP contribution in [-0.2, 0) is 16.1 Å². The molecular weight excluding hydrogens is 296 g/mol. The highest BCUT2D eigenvalue weighted by atomic mass is 32.1. The SMILES string of the molecule is NC(N)=S.NCc1ccccc1.N[C@@H](CC(=O)O)C(=O)O. The molecule has 0 saturated heterocycles. The van der Waals surface area contributed by atoms with E-state index >= 15 is 0 Å². The number of hydrogen-bond acceptors (Lipinski definition) is 5. The molecule has 1 rings (SSSR count). The molecule has 0 aliphatic carbocycles. The minimum absolute atomic E-state index is 0.000000000000000222. The topological polar surface area (TPSA) is 179 Å². The summed E-state index contributed by atoms with van der Waals surface area (Å²) in [6, 6.07) is 8.70. The molecule has 1 aromatic carbocycles. The molecule has 8 nitrogen and oxygen atoms in total. The van der Waals surface area contributed by atoms with Gasteiger partial charge in [0.2, 0.25) is 0 Å². The van der Waals surface area contributed by atoms with Crippen LogP contribution in [0.3, 0.4) is 0 Å². The molecular formula is C12H20N4O4S. The van der Waals surface area contributed by atoms with Gasteiger partial charge in [-0.25, -0.2) is 0 Å². The minimum atomic E-state index is -1.29. The Balaban J connectivity index is 0. The zero-order valence-electron chi connectivity index (χ0n) is 11.3. The van der Waals surface area contributed by atoms with Crippen molar-refractivity contribution in [2.45, 2.75) is 19.0 Å². The van der Waals surface area contributed by atoms with Gasteiger partial charge in [0.05, 0.1) is 6.42 Å². The van der Waals surface area contributed by atoms with E-state index in [0.717, 1.165) is 0 Å². The van der Waals surface area contributed by atoms with Crippen molar-refractivity contribution in [3.05, 3.63) is 35.9 Å². The van der Waals surface area contributed by atoms with E-state index in [1.165, 1.54) is 5.56 Å². The Kier molecular flexibility index (Phi) is 12.8. The van der Waals surface area contributed by atoms with Gasteiger partial charge in [-0.2, -0.15) is 0 Å². The average Bonchev–Trinajstić information content (AvgIpc) is 2.39. The van der Waals surface area contributed by atoms with Gasteiger partial charge in [0.15, 0.2) is 5.11 Å². The summed E-state index contributed by atoms with van der Waals surface area (Å²) in [5, 5.41) is 16.0. The van der Waals surface area contributed by atoms with Gasteiger partial charge in [0.25, 0.3) is 0 Å². The van der Waals surface area contributed by atoms with Crippen LogP contribution < -0.4 is 22.9 Å². The lowest BCUT2D eigenvalue weighted by atomic mass is 10.2. The summed E-state index contributed by atoms with van der Waals surface area (Å²) in [4.78, 5) is 19.6. The van der Waals surface area contributed by atoms with E-state index in [9.17, 15) is 9.59 Å². The highest BCUT2D eigenvalue weighted by Gasteiger charge is 2.14. The second-order valence-corrected chi connectivity index (χ2v) is 4.11. The zero-order chi connectivity index (χ0) is 16.8. The predicted molar refractivity (Wildman–Crippen MR) is 83.2 cm³/mol. The number of benzene rings is 1. The maximum atomic E-state index is 9.85. The van der Waals surface area contributed by atoms with Crippen LogP contribution >= 0.6 is 12.2 Å². The maximum Gasteiger partial charge on any atom is 0.321 e. The van der Waals surface area contributed by atoms with Crippen molar-refractivity contribution in [1.82, 2.24) is 0 Å². The standard InChI is InChI=1S/C7H9N.C4H7NO4.CH4N2S/c8-6-7-4-2-1-3-5-7;5-2(4(8)9)1-3(6)7;2-1(3)4/h1-5H,6,8H2;2H,1,5H2,(H,6,7)(H,8,9);(H4,2,3,4)/t;2-;/m.0./s1. The quantitative estimate of drug-likeness (QED) is 0.388. The van der Waals surface area contributed by atoms with Crippen LogP contribution in [0.15, 0.2) is 30.3 Å². The van der Waals surface area contributed by atoms with Crippen molar-refractivity contribution in [2.75, 3.05) is 0 Å². The lowest BCUT2D eigenvalue weighted by Crippen LogP contribution is -2.32. The molecule has 0 radical (unpaired) electrons.